The van der Waals surface area contributed by atoms with Crippen LogP contribution in [0.2, 0.25) is 0 Å². The molecule has 2 heterocycles. The minimum atomic E-state index is -0.286. The van der Waals surface area contributed by atoms with Crippen molar-refractivity contribution >= 4 is 5.91 Å². The maximum atomic E-state index is 13.0. The molecule has 2 aromatic heterocycles. The van der Waals surface area contributed by atoms with Gasteiger partial charge in [-0.1, -0.05) is 12.1 Å². The number of pyridine rings is 1. The van der Waals surface area contributed by atoms with Gasteiger partial charge in [-0.3, -0.25) is 14.5 Å². The lowest BCUT2D eigenvalue weighted by Gasteiger charge is -2.20. The van der Waals surface area contributed by atoms with Gasteiger partial charge in [0.25, 0.3) is 5.91 Å². The van der Waals surface area contributed by atoms with Crippen LogP contribution in [0, 0.1) is 0 Å². The Balaban J connectivity index is 1.63. The Kier molecular flexibility index (Phi) is 4.62. The summed E-state index contributed by atoms with van der Waals surface area (Å²) < 4.78 is 6.91. The number of carbonyl (C=O) groups excluding carboxylic acids is 1. The van der Waals surface area contributed by atoms with E-state index in [1.807, 2.05) is 49.5 Å². The Morgan fingerprint density at radius 1 is 1.15 bits per heavy atom. The number of aromatic nitrogens is 3. The molecule has 6 nitrogen and oxygen atoms in total. The van der Waals surface area contributed by atoms with Crippen molar-refractivity contribution in [3.8, 4) is 5.75 Å². The van der Waals surface area contributed by atoms with E-state index in [1.54, 1.807) is 24.2 Å². The van der Waals surface area contributed by atoms with Gasteiger partial charge in [0.05, 0.1) is 18.8 Å². The molecule has 27 heavy (non-hydrogen) atoms. The van der Waals surface area contributed by atoms with E-state index in [9.17, 15) is 4.79 Å². The summed E-state index contributed by atoms with van der Waals surface area (Å²) in [5.41, 5.74) is 3.52. The fourth-order valence-electron chi connectivity index (χ4n) is 3.20. The Morgan fingerprint density at radius 2 is 1.81 bits per heavy atom. The molecule has 138 valence electrons. The third kappa shape index (κ3) is 3.69. The number of carbonyl (C=O) groups is 1. The van der Waals surface area contributed by atoms with E-state index in [2.05, 4.69) is 15.4 Å². The summed E-state index contributed by atoms with van der Waals surface area (Å²) >= 11 is 0. The monoisotopic (exact) mass is 362 g/mol. The van der Waals surface area contributed by atoms with Crippen LogP contribution >= 0.6 is 0 Å². The van der Waals surface area contributed by atoms with Crippen LogP contribution in [0.15, 0.2) is 54.9 Å². The lowest BCUT2D eigenvalue weighted by Crippen LogP contribution is -2.30. The quantitative estimate of drug-likeness (QED) is 0.731. The Hall–Kier alpha value is -3.15. The topological polar surface area (TPSA) is 69.0 Å². The highest BCUT2D eigenvalue weighted by Crippen LogP contribution is 2.39. The number of aryl methyl sites for hydroxylation is 1. The molecule has 1 saturated carbocycles. The molecule has 3 aromatic rings. The number of hydrogen-bond acceptors (Lipinski definition) is 4. The number of nitrogens with zero attached hydrogens (tertiary/aromatic N) is 3. The molecule has 1 amide bonds. The minimum absolute atomic E-state index is 0.144. The molecule has 4 rings (SSSR count). The van der Waals surface area contributed by atoms with Gasteiger partial charge in [-0.25, -0.2) is 0 Å². The average Bonchev–Trinajstić information content (AvgIpc) is 3.49. The summed E-state index contributed by atoms with van der Waals surface area (Å²) in [6.45, 7) is 0. The van der Waals surface area contributed by atoms with Crippen LogP contribution < -0.4 is 10.1 Å². The van der Waals surface area contributed by atoms with Crippen molar-refractivity contribution in [2.45, 2.75) is 24.8 Å². The van der Waals surface area contributed by atoms with E-state index in [4.69, 9.17) is 4.74 Å². The number of ether oxygens (including phenoxy) is 1. The third-order valence-electron chi connectivity index (χ3n) is 4.89. The molecule has 1 aliphatic carbocycles. The first-order chi connectivity index (χ1) is 13.2. The van der Waals surface area contributed by atoms with Gasteiger partial charge in [0.2, 0.25) is 0 Å². The first-order valence-corrected chi connectivity index (χ1v) is 9.04. The van der Waals surface area contributed by atoms with E-state index >= 15 is 0 Å². The average molecular weight is 362 g/mol. The van der Waals surface area contributed by atoms with E-state index in [0.717, 1.165) is 35.4 Å². The highest BCUT2D eigenvalue weighted by molar-refractivity contribution is 5.93. The van der Waals surface area contributed by atoms with E-state index in [0.29, 0.717) is 11.6 Å². The summed E-state index contributed by atoms with van der Waals surface area (Å²) in [6, 6.07) is 13.2. The summed E-state index contributed by atoms with van der Waals surface area (Å²) in [5.74, 6) is 1.14. The third-order valence-corrected chi connectivity index (χ3v) is 4.89. The van der Waals surface area contributed by atoms with Crippen molar-refractivity contribution in [3.63, 3.8) is 0 Å². The Labute approximate surface area is 158 Å². The summed E-state index contributed by atoms with van der Waals surface area (Å²) in [6.07, 6.45) is 5.77. The Morgan fingerprint density at radius 3 is 2.44 bits per heavy atom. The molecule has 6 heteroatoms. The molecular weight excluding hydrogens is 340 g/mol. The van der Waals surface area contributed by atoms with Gasteiger partial charge in [-0.05, 0) is 54.3 Å². The van der Waals surface area contributed by atoms with Crippen LogP contribution in [0.3, 0.4) is 0 Å². The van der Waals surface area contributed by atoms with E-state index < -0.39 is 0 Å². The zero-order valence-corrected chi connectivity index (χ0v) is 15.4. The summed E-state index contributed by atoms with van der Waals surface area (Å²) in [5, 5.41) is 7.65. The van der Waals surface area contributed by atoms with Gasteiger partial charge in [-0.2, -0.15) is 5.10 Å². The zero-order valence-electron chi connectivity index (χ0n) is 15.4. The molecule has 0 unspecified atom stereocenters. The lowest BCUT2D eigenvalue weighted by atomic mass is 9.99. The molecule has 1 atom stereocenters. The van der Waals surface area contributed by atoms with Crippen molar-refractivity contribution in [1.82, 2.24) is 20.1 Å². The number of hydrogen-bond donors (Lipinski definition) is 1. The number of rotatable bonds is 6. The van der Waals surface area contributed by atoms with Crippen molar-refractivity contribution < 1.29 is 9.53 Å². The molecule has 1 aliphatic rings. The van der Waals surface area contributed by atoms with Gasteiger partial charge < -0.3 is 10.1 Å². The molecule has 0 radical (unpaired) electrons. The fraction of sp³-hybridized carbons (Fsp3) is 0.286. The minimum Gasteiger partial charge on any atom is -0.497 e. The molecular formula is C21H22N4O2. The largest absolute Gasteiger partial charge is 0.497 e. The predicted octanol–water partition coefficient (Wildman–Crippen LogP) is 3.22. The number of methoxy groups -OCH3 is 1. The van der Waals surface area contributed by atoms with E-state index in [1.165, 1.54) is 0 Å². The lowest BCUT2D eigenvalue weighted by molar-refractivity contribution is 0.0933. The molecule has 1 aromatic carbocycles. The van der Waals surface area contributed by atoms with Crippen LogP contribution in [-0.4, -0.2) is 27.8 Å². The number of nitrogens with one attached hydrogen (secondary N) is 1. The SMILES string of the molecule is COc1ccc([C@H](NC(=O)c2cc(C3CC3)nn2C)c2ccncc2)cc1. The molecule has 1 fully saturated rings. The first-order valence-electron chi connectivity index (χ1n) is 9.04. The summed E-state index contributed by atoms with van der Waals surface area (Å²) in [4.78, 5) is 17.1. The van der Waals surface area contributed by atoms with Gasteiger partial charge in [0.1, 0.15) is 11.4 Å². The van der Waals surface area contributed by atoms with Crippen LogP contribution in [0.5, 0.6) is 5.75 Å². The smallest absolute Gasteiger partial charge is 0.270 e. The number of benzene rings is 1. The zero-order chi connectivity index (χ0) is 18.8. The van der Waals surface area contributed by atoms with E-state index in [-0.39, 0.29) is 11.9 Å². The standard InChI is InChI=1S/C21H22N4O2/c1-25-19(13-18(24-25)14-3-4-14)21(26)23-20(16-9-11-22-12-10-16)15-5-7-17(27-2)8-6-15/h5-14,20H,3-4H2,1-2H3,(H,23,26)/t20-/m0/s1. The normalized spacial score (nSPS) is 14.6. The predicted molar refractivity (Wildman–Crippen MR) is 102 cm³/mol. The maximum absolute atomic E-state index is 13.0. The second-order valence-corrected chi connectivity index (χ2v) is 6.81. The number of amides is 1. The molecule has 0 bridgehead atoms. The maximum Gasteiger partial charge on any atom is 0.270 e. The fourth-order valence-corrected chi connectivity index (χ4v) is 3.20. The van der Waals surface area contributed by atoms with Crippen molar-refractivity contribution in [3.05, 3.63) is 77.4 Å². The first kappa shape index (κ1) is 17.3. The van der Waals surface area contributed by atoms with Gasteiger partial charge in [0, 0.05) is 25.4 Å². The molecule has 0 saturated heterocycles. The van der Waals surface area contributed by atoms with Crippen LogP contribution in [0.1, 0.15) is 52.1 Å². The van der Waals surface area contributed by atoms with Crippen LogP contribution in [-0.2, 0) is 7.05 Å². The van der Waals surface area contributed by atoms with Crippen LogP contribution in [0.25, 0.3) is 0 Å². The molecule has 1 N–H and O–H groups in total. The highest BCUT2D eigenvalue weighted by Gasteiger charge is 2.28. The van der Waals surface area contributed by atoms with Crippen molar-refractivity contribution in [2.24, 2.45) is 7.05 Å². The molecule has 0 aliphatic heterocycles. The van der Waals surface area contributed by atoms with Crippen molar-refractivity contribution in [1.29, 1.82) is 0 Å². The summed E-state index contributed by atoms with van der Waals surface area (Å²) in [7, 11) is 3.45. The van der Waals surface area contributed by atoms with Gasteiger partial charge in [0.15, 0.2) is 0 Å². The van der Waals surface area contributed by atoms with Crippen LogP contribution in [0.4, 0.5) is 0 Å². The Bertz CT molecular complexity index is 931. The van der Waals surface area contributed by atoms with Gasteiger partial charge >= 0.3 is 0 Å². The second kappa shape index (κ2) is 7.23. The van der Waals surface area contributed by atoms with Crippen molar-refractivity contribution in [2.75, 3.05) is 7.11 Å². The second-order valence-electron chi connectivity index (χ2n) is 6.81. The van der Waals surface area contributed by atoms with Gasteiger partial charge in [-0.15, -0.1) is 0 Å². The molecule has 0 spiro atoms. The highest BCUT2D eigenvalue weighted by atomic mass is 16.5.